The van der Waals surface area contributed by atoms with E-state index in [-0.39, 0.29) is 17.8 Å². The zero-order valence-corrected chi connectivity index (χ0v) is 9.68. The Morgan fingerprint density at radius 3 is 3.18 bits per heavy atom. The quantitative estimate of drug-likeness (QED) is 0.813. The summed E-state index contributed by atoms with van der Waals surface area (Å²) in [6, 6.07) is 0.254. The van der Waals surface area contributed by atoms with Gasteiger partial charge < -0.3 is 19.6 Å². The smallest absolute Gasteiger partial charge is 0.357 e. The van der Waals surface area contributed by atoms with E-state index >= 15 is 0 Å². The van der Waals surface area contributed by atoms with Crippen LogP contribution in [0.4, 0.5) is 6.01 Å². The number of anilines is 1. The number of ether oxygens (including phenoxy) is 1. The molecule has 1 aromatic rings. The number of oxazole rings is 1. The standard InChI is InChI=1S/C11H16N2O4/c1-2-9-7(3-4-16-9)5-12-11-13-8(6-17-11)10(14)15/h6-7,9H,2-5H2,1H3,(H,12,13)(H,14,15). The molecule has 94 valence electrons. The Bertz CT molecular complexity index is 391. The molecule has 17 heavy (non-hydrogen) atoms. The fourth-order valence-corrected chi connectivity index (χ4v) is 2.05. The normalized spacial score (nSPS) is 23.8. The molecule has 0 amide bonds. The number of carboxylic acids is 1. The van der Waals surface area contributed by atoms with Crippen LogP contribution in [0.25, 0.3) is 0 Å². The Balaban J connectivity index is 1.86. The first kappa shape index (κ1) is 11.9. The Morgan fingerprint density at radius 2 is 2.53 bits per heavy atom. The summed E-state index contributed by atoms with van der Waals surface area (Å²) in [5.41, 5.74) is -0.0813. The number of rotatable bonds is 5. The van der Waals surface area contributed by atoms with Crippen molar-refractivity contribution >= 4 is 12.0 Å². The number of carboxylic acid groups (broad SMARTS) is 1. The van der Waals surface area contributed by atoms with Crippen molar-refractivity contribution < 1.29 is 19.1 Å². The zero-order valence-electron chi connectivity index (χ0n) is 9.68. The van der Waals surface area contributed by atoms with E-state index in [9.17, 15) is 4.79 Å². The van der Waals surface area contributed by atoms with Gasteiger partial charge >= 0.3 is 5.97 Å². The van der Waals surface area contributed by atoms with Crippen LogP contribution in [0.2, 0.25) is 0 Å². The molecule has 2 N–H and O–H groups in total. The number of aromatic nitrogens is 1. The highest BCUT2D eigenvalue weighted by Crippen LogP contribution is 2.23. The molecule has 0 aromatic carbocycles. The Kier molecular flexibility index (Phi) is 3.63. The molecule has 1 aliphatic rings. The van der Waals surface area contributed by atoms with Crippen molar-refractivity contribution in [3.05, 3.63) is 12.0 Å². The van der Waals surface area contributed by atoms with Crippen molar-refractivity contribution in [3.8, 4) is 0 Å². The highest BCUT2D eigenvalue weighted by molar-refractivity contribution is 5.85. The summed E-state index contributed by atoms with van der Waals surface area (Å²) in [7, 11) is 0. The van der Waals surface area contributed by atoms with Gasteiger partial charge in [-0.15, -0.1) is 0 Å². The van der Waals surface area contributed by atoms with Crippen LogP contribution in [0.15, 0.2) is 10.7 Å². The molecular weight excluding hydrogens is 224 g/mol. The van der Waals surface area contributed by atoms with Gasteiger partial charge in [-0.25, -0.2) is 4.79 Å². The molecule has 0 saturated carbocycles. The Morgan fingerprint density at radius 1 is 1.71 bits per heavy atom. The maximum Gasteiger partial charge on any atom is 0.357 e. The minimum Gasteiger partial charge on any atom is -0.476 e. The number of aromatic carboxylic acids is 1. The molecule has 1 fully saturated rings. The van der Waals surface area contributed by atoms with E-state index in [0.29, 0.717) is 12.5 Å². The van der Waals surface area contributed by atoms with Crippen LogP contribution in [0.1, 0.15) is 30.3 Å². The molecule has 1 saturated heterocycles. The van der Waals surface area contributed by atoms with Gasteiger partial charge in [-0.3, -0.25) is 0 Å². The number of hydrogen-bond donors (Lipinski definition) is 2. The van der Waals surface area contributed by atoms with E-state index < -0.39 is 5.97 Å². The van der Waals surface area contributed by atoms with Crippen molar-refractivity contribution in [3.63, 3.8) is 0 Å². The van der Waals surface area contributed by atoms with Crippen LogP contribution in [0, 0.1) is 5.92 Å². The molecule has 6 nitrogen and oxygen atoms in total. The Hall–Kier alpha value is -1.56. The molecule has 1 aromatic heterocycles. The van der Waals surface area contributed by atoms with Gasteiger partial charge in [0.05, 0.1) is 6.10 Å². The second kappa shape index (κ2) is 5.18. The van der Waals surface area contributed by atoms with Gasteiger partial charge in [0, 0.05) is 19.1 Å². The topological polar surface area (TPSA) is 84.6 Å². The van der Waals surface area contributed by atoms with Gasteiger partial charge in [0.25, 0.3) is 6.01 Å². The molecule has 0 radical (unpaired) electrons. The molecule has 2 heterocycles. The predicted octanol–water partition coefficient (Wildman–Crippen LogP) is 1.60. The van der Waals surface area contributed by atoms with Gasteiger partial charge in [-0.2, -0.15) is 4.98 Å². The summed E-state index contributed by atoms with van der Waals surface area (Å²) < 4.78 is 10.6. The van der Waals surface area contributed by atoms with Crippen LogP contribution in [0.5, 0.6) is 0 Å². The molecule has 1 aliphatic heterocycles. The number of carbonyl (C=O) groups is 1. The minimum absolute atomic E-state index is 0.0813. The summed E-state index contributed by atoms with van der Waals surface area (Å²) in [6.07, 6.45) is 3.40. The average Bonchev–Trinajstić information content (AvgIpc) is 2.95. The number of nitrogens with one attached hydrogen (secondary N) is 1. The molecule has 0 aliphatic carbocycles. The van der Waals surface area contributed by atoms with Gasteiger partial charge in [-0.05, 0) is 12.8 Å². The molecular formula is C11H16N2O4. The van der Waals surface area contributed by atoms with Gasteiger partial charge in [0.1, 0.15) is 6.26 Å². The van der Waals surface area contributed by atoms with E-state index in [4.69, 9.17) is 14.3 Å². The molecule has 0 bridgehead atoms. The van der Waals surface area contributed by atoms with Crippen LogP contribution in [-0.4, -0.2) is 35.3 Å². The van der Waals surface area contributed by atoms with Crippen LogP contribution in [0.3, 0.4) is 0 Å². The summed E-state index contributed by atoms with van der Waals surface area (Å²) in [5.74, 6) is -0.655. The van der Waals surface area contributed by atoms with E-state index in [2.05, 4.69) is 17.2 Å². The van der Waals surface area contributed by atoms with E-state index in [1.165, 1.54) is 0 Å². The minimum atomic E-state index is -1.09. The van der Waals surface area contributed by atoms with Crippen LogP contribution in [-0.2, 0) is 4.74 Å². The summed E-state index contributed by atoms with van der Waals surface area (Å²) >= 11 is 0. The van der Waals surface area contributed by atoms with E-state index in [1.54, 1.807) is 0 Å². The van der Waals surface area contributed by atoms with Crippen molar-refractivity contribution in [2.75, 3.05) is 18.5 Å². The first-order chi connectivity index (χ1) is 8.20. The Labute approximate surface area is 99.0 Å². The van der Waals surface area contributed by atoms with Crippen LogP contribution >= 0.6 is 0 Å². The van der Waals surface area contributed by atoms with Gasteiger partial charge in [0.15, 0.2) is 5.69 Å². The van der Waals surface area contributed by atoms with E-state index in [0.717, 1.165) is 25.7 Å². The lowest BCUT2D eigenvalue weighted by molar-refractivity contribution is 0.0690. The highest BCUT2D eigenvalue weighted by atomic mass is 16.5. The predicted molar refractivity (Wildman–Crippen MR) is 60.1 cm³/mol. The number of nitrogens with zero attached hydrogens (tertiary/aromatic N) is 1. The lowest BCUT2D eigenvalue weighted by Crippen LogP contribution is -2.22. The molecule has 2 rings (SSSR count). The number of hydrogen-bond acceptors (Lipinski definition) is 5. The highest BCUT2D eigenvalue weighted by Gasteiger charge is 2.26. The largest absolute Gasteiger partial charge is 0.476 e. The van der Waals surface area contributed by atoms with E-state index in [1.807, 2.05) is 0 Å². The third kappa shape index (κ3) is 2.76. The maximum atomic E-state index is 10.6. The fraction of sp³-hybridized carbons (Fsp3) is 0.636. The van der Waals surface area contributed by atoms with Crippen LogP contribution < -0.4 is 5.32 Å². The molecule has 0 spiro atoms. The summed E-state index contributed by atoms with van der Waals surface area (Å²) in [4.78, 5) is 14.4. The van der Waals surface area contributed by atoms with Crippen molar-refractivity contribution in [2.45, 2.75) is 25.9 Å². The summed E-state index contributed by atoms with van der Waals surface area (Å²) in [5, 5.41) is 11.7. The monoisotopic (exact) mass is 240 g/mol. The first-order valence-electron chi connectivity index (χ1n) is 5.75. The molecule has 2 atom stereocenters. The SMILES string of the molecule is CCC1OCCC1CNc1nc(C(=O)O)co1. The van der Waals surface area contributed by atoms with Crippen molar-refractivity contribution in [1.82, 2.24) is 4.98 Å². The fourth-order valence-electron chi connectivity index (χ4n) is 2.05. The zero-order chi connectivity index (χ0) is 12.3. The van der Waals surface area contributed by atoms with Crippen molar-refractivity contribution in [2.24, 2.45) is 5.92 Å². The lowest BCUT2D eigenvalue weighted by Gasteiger charge is -2.16. The molecule has 6 heteroatoms. The van der Waals surface area contributed by atoms with Crippen molar-refractivity contribution in [1.29, 1.82) is 0 Å². The second-order valence-corrected chi connectivity index (χ2v) is 4.09. The lowest BCUT2D eigenvalue weighted by atomic mass is 10.00. The summed E-state index contributed by atoms with van der Waals surface area (Å²) in [6.45, 7) is 3.57. The third-order valence-electron chi connectivity index (χ3n) is 2.99. The second-order valence-electron chi connectivity index (χ2n) is 4.09. The molecule has 2 unspecified atom stereocenters. The first-order valence-corrected chi connectivity index (χ1v) is 5.75. The maximum absolute atomic E-state index is 10.6. The average molecular weight is 240 g/mol. The third-order valence-corrected chi connectivity index (χ3v) is 2.99. The van der Waals surface area contributed by atoms with Gasteiger partial charge in [0.2, 0.25) is 0 Å². The van der Waals surface area contributed by atoms with Gasteiger partial charge in [-0.1, -0.05) is 6.92 Å².